The first-order valence-corrected chi connectivity index (χ1v) is 9.58. The van der Waals surface area contributed by atoms with Crippen LogP contribution in [0.4, 0.5) is 5.69 Å². The Kier molecular flexibility index (Phi) is 6.35. The van der Waals surface area contributed by atoms with E-state index in [9.17, 15) is 0 Å². The molecule has 1 heterocycles. The Morgan fingerprint density at radius 2 is 1.74 bits per heavy atom. The van der Waals surface area contributed by atoms with Crippen LogP contribution in [-0.4, -0.2) is 37.6 Å². The number of benzene rings is 2. The zero-order chi connectivity index (χ0) is 19.2. The SMILES string of the molecule is COc1ccc(C(CN=C(N)Nc2cc(C)cc(C)c2)N2CCCC2)cc1. The van der Waals surface area contributed by atoms with E-state index in [4.69, 9.17) is 10.5 Å². The van der Waals surface area contributed by atoms with Gasteiger partial charge in [0.25, 0.3) is 0 Å². The number of hydrogen-bond acceptors (Lipinski definition) is 3. The molecular formula is C22H30N4O. The molecular weight excluding hydrogens is 336 g/mol. The quantitative estimate of drug-likeness (QED) is 0.602. The third-order valence-corrected chi connectivity index (χ3v) is 5.01. The van der Waals surface area contributed by atoms with Crippen LogP contribution < -0.4 is 15.8 Å². The number of ether oxygens (including phenoxy) is 1. The number of likely N-dealkylation sites (tertiary alicyclic amines) is 1. The van der Waals surface area contributed by atoms with Crippen molar-refractivity contribution < 1.29 is 4.74 Å². The Labute approximate surface area is 162 Å². The Bertz CT molecular complexity index is 759. The van der Waals surface area contributed by atoms with Gasteiger partial charge in [0.1, 0.15) is 5.75 Å². The molecule has 5 nitrogen and oxygen atoms in total. The van der Waals surface area contributed by atoms with Crippen LogP contribution in [-0.2, 0) is 0 Å². The van der Waals surface area contributed by atoms with Gasteiger partial charge in [-0.15, -0.1) is 0 Å². The van der Waals surface area contributed by atoms with Gasteiger partial charge >= 0.3 is 0 Å². The van der Waals surface area contributed by atoms with Crippen LogP contribution in [0, 0.1) is 13.8 Å². The predicted molar refractivity (Wildman–Crippen MR) is 113 cm³/mol. The zero-order valence-electron chi connectivity index (χ0n) is 16.5. The first-order chi connectivity index (χ1) is 13.0. The molecule has 3 rings (SSSR count). The van der Waals surface area contributed by atoms with E-state index >= 15 is 0 Å². The number of nitrogens with two attached hydrogens (primary N) is 1. The van der Waals surface area contributed by atoms with E-state index < -0.39 is 0 Å². The van der Waals surface area contributed by atoms with Gasteiger partial charge in [-0.3, -0.25) is 9.89 Å². The summed E-state index contributed by atoms with van der Waals surface area (Å²) < 4.78 is 5.29. The van der Waals surface area contributed by atoms with Crippen molar-refractivity contribution >= 4 is 11.6 Å². The lowest BCUT2D eigenvalue weighted by molar-refractivity contribution is 0.251. The van der Waals surface area contributed by atoms with E-state index in [-0.39, 0.29) is 6.04 Å². The first-order valence-electron chi connectivity index (χ1n) is 9.58. The normalized spacial score (nSPS) is 16.3. The predicted octanol–water partition coefficient (Wildman–Crippen LogP) is 3.88. The fourth-order valence-corrected chi connectivity index (χ4v) is 3.73. The summed E-state index contributed by atoms with van der Waals surface area (Å²) in [6, 6.07) is 14.8. The molecule has 2 aromatic carbocycles. The Balaban J connectivity index is 1.73. The Hall–Kier alpha value is -2.53. The Morgan fingerprint density at radius 1 is 1.11 bits per heavy atom. The van der Waals surface area contributed by atoms with Crippen molar-refractivity contribution in [3.05, 3.63) is 59.2 Å². The minimum absolute atomic E-state index is 0.234. The molecule has 144 valence electrons. The number of nitrogens with one attached hydrogen (secondary N) is 1. The summed E-state index contributed by atoms with van der Waals surface area (Å²) in [7, 11) is 1.69. The van der Waals surface area contributed by atoms with Crippen LogP contribution in [0.15, 0.2) is 47.5 Å². The number of rotatable bonds is 6. The molecule has 1 aliphatic rings. The maximum atomic E-state index is 6.18. The lowest BCUT2D eigenvalue weighted by Crippen LogP contribution is -2.30. The molecule has 0 bridgehead atoms. The summed E-state index contributed by atoms with van der Waals surface area (Å²) in [5.41, 5.74) is 10.8. The van der Waals surface area contributed by atoms with Crippen LogP contribution in [0.3, 0.4) is 0 Å². The van der Waals surface area contributed by atoms with E-state index in [1.807, 2.05) is 12.1 Å². The van der Waals surface area contributed by atoms with Crippen molar-refractivity contribution in [3.8, 4) is 5.75 Å². The molecule has 27 heavy (non-hydrogen) atoms. The van der Waals surface area contributed by atoms with Crippen LogP contribution in [0.5, 0.6) is 5.75 Å². The Morgan fingerprint density at radius 3 is 2.33 bits per heavy atom. The minimum atomic E-state index is 0.234. The molecule has 1 aliphatic heterocycles. The maximum Gasteiger partial charge on any atom is 0.193 e. The van der Waals surface area contributed by atoms with Crippen molar-refractivity contribution in [3.63, 3.8) is 0 Å². The highest BCUT2D eigenvalue weighted by molar-refractivity contribution is 5.92. The lowest BCUT2D eigenvalue weighted by atomic mass is 10.1. The monoisotopic (exact) mass is 366 g/mol. The molecule has 1 fully saturated rings. The summed E-state index contributed by atoms with van der Waals surface area (Å²) in [6.45, 7) is 7.01. The summed E-state index contributed by atoms with van der Waals surface area (Å²) in [6.07, 6.45) is 2.49. The van der Waals surface area contributed by atoms with Gasteiger partial charge in [0.15, 0.2) is 5.96 Å². The van der Waals surface area contributed by atoms with Gasteiger partial charge in [0.05, 0.1) is 19.7 Å². The minimum Gasteiger partial charge on any atom is -0.497 e. The van der Waals surface area contributed by atoms with Crippen molar-refractivity contribution in [1.82, 2.24) is 4.90 Å². The second-order valence-corrected chi connectivity index (χ2v) is 7.26. The largest absolute Gasteiger partial charge is 0.497 e. The number of hydrogen-bond donors (Lipinski definition) is 2. The van der Waals surface area contributed by atoms with E-state index in [0.717, 1.165) is 24.5 Å². The number of anilines is 1. The average molecular weight is 367 g/mol. The fourth-order valence-electron chi connectivity index (χ4n) is 3.73. The van der Waals surface area contributed by atoms with Crippen molar-refractivity contribution in [2.24, 2.45) is 10.7 Å². The molecule has 1 unspecified atom stereocenters. The third-order valence-electron chi connectivity index (χ3n) is 5.01. The van der Waals surface area contributed by atoms with Crippen LogP contribution >= 0.6 is 0 Å². The number of aryl methyl sites for hydroxylation is 2. The van der Waals surface area contributed by atoms with Gasteiger partial charge in [0, 0.05) is 5.69 Å². The van der Waals surface area contributed by atoms with Crippen molar-refractivity contribution in [2.75, 3.05) is 32.1 Å². The molecule has 0 saturated carbocycles. The second kappa shape index (κ2) is 8.91. The second-order valence-electron chi connectivity index (χ2n) is 7.26. The highest BCUT2D eigenvalue weighted by Gasteiger charge is 2.23. The maximum absolute atomic E-state index is 6.18. The zero-order valence-corrected chi connectivity index (χ0v) is 16.5. The van der Waals surface area contributed by atoms with Crippen LogP contribution in [0.2, 0.25) is 0 Å². The smallest absolute Gasteiger partial charge is 0.193 e. The van der Waals surface area contributed by atoms with E-state index in [2.05, 4.69) is 59.4 Å². The highest BCUT2D eigenvalue weighted by atomic mass is 16.5. The number of aliphatic imine (C=N–C) groups is 1. The summed E-state index contributed by atoms with van der Waals surface area (Å²) in [5, 5.41) is 3.23. The van der Waals surface area contributed by atoms with Crippen molar-refractivity contribution in [1.29, 1.82) is 0 Å². The van der Waals surface area contributed by atoms with Crippen LogP contribution in [0.25, 0.3) is 0 Å². The topological polar surface area (TPSA) is 62.9 Å². The van der Waals surface area contributed by atoms with E-state index in [0.29, 0.717) is 12.5 Å². The van der Waals surface area contributed by atoms with Gasteiger partial charge in [0.2, 0.25) is 0 Å². The van der Waals surface area contributed by atoms with Gasteiger partial charge in [-0.2, -0.15) is 0 Å². The molecule has 1 atom stereocenters. The molecule has 5 heteroatoms. The molecule has 0 aliphatic carbocycles. The van der Waals surface area contributed by atoms with E-state index in [1.54, 1.807) is 7.11 Å². The van der Waals surface area contributed by atoms with E-state index in [1.165, 1.54) is 29.5 Å². The first kappa shape index (κ1) is 19.2. The molecule has 0 aromatic heterocycles. The molecule has 2 aromatic rings. The summed E-state index contributed by atoms with van der Waals surface area (Å²) >= 11 is 0. The fraction of sp³-hybridized carbons (Fsp3) is 0.409. The molecule has 3 N–H and O–H groups in total. The molecule has 0 amide bonds. The van der Waals surface area contributed by atoms with Gasteiger partial charge in [-0.05, 0) is 80.7 Å². The molecule has 0 spiro atoms. The summed E-state index contributed by atoms with van der Waals surface area (Å²) in [4.78, 5) is 7.15. The molecule has 0 radical (unpaired) electrons. The van der Waals surface area contributed by atoms with Gasteiger partial charge in [-0.25, -0.2) is 0 Å². The standard InChI is InChI=1S/C22H30N4O/c1-16-12-17(2)14-19(13-16)25-22(23)24-15-21(26-10-4-5-11-26)18-6-8-20(27-3)9-7-18/h6-9,12-14,21H,4-5,10-11,15H2,1-3H3,(H3,23,24,25). The number of methoxy groups -OCH3 is 1. The van der Waals surface area contributed by atoms with Gasteiger partial charge < -0.3 is 15.8 Å². The summed E-state index contributed by atoms with van der Waals surface area (Å²) in [5.74, 6) is 1.33. The van der Waals surface area contributed by atoms with Crippen LogP contribution in [0.1, 0.15) is 35.6 Å². The average Bonchev–Trinajstić information content (AvgIpc) is 3.16. The lowest BCUT2D eigenvalue weighted by Gasteiger charge is -2.27. The van der Waals surface area contributed by atoms with Gasteiger partial charge in [-0.1, -0.05) is 18.2 Å². The highest BCUT2D eigenvalue weighted by Crippen LogP contribution is 2.27. The number of guanidine groups is 1. The number of nitrogens with zero attached hydrogens (tertiary/aromatic N) is 2. The van der Waals surface area contributed by atoms with Crippen molar-refractivity contribution in [2.45, 2.75) is 32.7 Å². The molecule has 1 saturated heterocycles. The third kappa shape index (κ3) is 5.23.